The van der Waals surface area contributed by atoms with Gasteiger partial charge in [0.05, 0.1) is 11.6 Å². The number of para-hydroxylation sites is 1. The highest BCUT2D eigenvalue weighted by Gasteiger charge is 2.11. The summed E-state index contributed by atoms with van der Waals surface area (Å²) in [7, 11) is 0. The van der Waals surface area contributed by atoms with Crippen LogP contribution in [0.4, 0.5) is 0 Å². The lowest BCUT2D eigenvalue weighted by Crippen LogP contribution is -2.17. The van der Waals surface area contributed by atoms with Crippen molar-refractivity contribution in [3.63, 3.8) is 0 Å². The van der Waals surface area contributed by atoms with Crippen molar-refractivity contribution in [1.82, 2.24) is 9.88 Å². The first kappa shape index (κ1) is 18.0. The molecule has 0 fully saturated rings. The van der Waals surface area contributed by atoms with Gasteiger partial charge in [-0.05, 0) is 41.8 Å². The number of fused-ring (bicyclic) bond motifs is 1. The highest BCUT2D eigenvalue weighted by atomic mass is 15.0. The third-order valence-corrected chi connectivity index (χ3v) is 5.21. The molecule has 4 rings (SSSR count). The van der Waals surface area contributed by atoms with Gasteiger partial charge in [-0.1, -0.05) is 60.7 Å². The van der Waals surface area contributed by atoms with Crippen LogP contribution in [-0.2, 0) is 13.1 Å². The second-order valence-corrected chi connectivity index (χ2v) is 7.12. The second-order valence-electron chi connectivity index (χ2n) is 7.12. The quantitative estimate of drug-likeness (QED) is 0.496. The Bertz CT molecular complexity index is 1100. The van der Waals surface area contributed by atoms with E-state index in [1.54, 1.807) is 0 Å². The maximum Gasteiger partial charge on any atom is 0.0991 e. The van der Waals surface area contributed by atoms with E-state index in [1.165, 1.54) is 27.6 Å². The Kier molecular flexibility index (Phi) is 5.23. The van der Waals surface area contributed by atoms with Gasteiger partial charge in [-0.15, -0.1) is 0 Å². The molecule has 0 saturated heterocycles. The van der Waals surface area contributed by atoms with Crippen LogP contribution in [0, 0.1) is 11.3 Å². The Balaban J connectivity index is 1.54. The number of benzene rings is 3. The summed E-state index contributed by atoms with van der Waals surface area (Å²) in [6.07, 6.45) is 2.26. The summed E-state index contributed by atoms with van der Waals surface area (Å²) in [6, 6.07) is 29.3. The SMILES string of the molecule is CC(NCc1cn(Cc2ccccc2)c2ccccc12)c1ccc(C#N)cc1. The summed E-state index contributed by atoms with van der Waals surface area (Å²) >= 11 is 0. The molecule has 4 aromatic rings. The van der Waals surface area contributed by atoms with E-state index >= 15 is 0 Å². The lowest BCUT2D eigenvalue weighted by Gasteiger charge is -2.14. The Hall–Kier alpha value is -3.35. The van der Waals surface area contributed by atoms with E-state index in [2.05, 4.69) is 83.7 Å². The van der Waals surface area contributed by atoms with E-state index in [0.717, 1.165) is 13.1 Å². The van der Waals surface area contributed by atoms with Crippen molar-refractivity contribution in [2.45, 2.75) is 26.1 Å². The van der Waals surface area contributed by atoms with Crippen molar-refractivity contribution in [3.05, 3.63) is 107 Å². The molecule has 1 heterocycles. The molecule has 1 atom stereocenters. The topological polar surface area (TPSA) is 40.8 Å². The van der Waals surface area contributed by atoms with Gasteiger partial charge in [0.15, 0.2) is 0 Å². The maximum atomic E-state index is 8.96. The maximum absolute atomic E-state index is 8.96. The van der Waals surface area contributed by atoms with Crippen LogP contribution in [0.5, 0.6) is 0 Å². The minimum Gasteiger partial charge on any atom is -0.343 e. The first-order chi connectivity index (χ1) is 13.7. The molecule has 1 N–H and O–H groups in total. The molecule has 1 unspecified atom stereocenters. The van der Waals surface area contributed by atoms with Crippen LogP contribution in [0.25, 0.3) is 10.9 Å². The zero-order chi connectivity index (χ0) is 19.3. The van der Waals surface area contributed by atoms with Crippen LogP contribution in [-0.4, -0.2) is 4.57 Å². The molecule has 0 spiro atoms. The number of aromatic nitrogens is 1. The van der Waals surface area contributed by atoms with E-state index in [0.29, 0.717) is 5.56 Å². The molecule has 0 amide bonds. The minimum absolute atomic E-state index is 0.212. The molecule has 0 aliphatic carbocycles. The van der Waals surface area contributed by atoms with Gasteiger partial charge in [-0.25, -0.2) is 0 Å². The Morgan fingerprint density at radius 2 is 1.64 bits per heavy atom. The van der Waals surface area contributed by atoms with Crippen LogP contribution < -0.4 is 5.32 Å². The fourth-order valence-corrected chi connectivity index (χ4v) is 3.60. The molecule has 0 radical (unpaired) electrons. The Morgan fingerprint density at radius 1 is 0.929 bits per heavy atom. The molecule has 0 aliphatic heterocycles. The first-order valence-electron chi connectivity index (χ1n) is 9.59. The van der Waals surface area contributed by atoms with Gasteiger partial charge in [0.1, 0.15) is 0 Å². The van der Waals surface area contributed by atoms with Gasteiger partial charge < -0.3 is 9.88 Å². The Morgan fingerprint density at radius 3 is 2.39 bits per heavy atom. The van der Waals surface area contributed by atoms with Crippen LogP contribution in [0.1, 0.15) is 35.2 Å². The van der Waals surface area contributed by atoms with Crippen LogP contribution in [0.15, 0.2) is 85.1 Å². The predicted molar refractivity (Wildman–Crippen MR) is 114 cm³/mol. The summed E-state index contributed by atoms with van der Waals surface area (Å²) in [5.41, 5.74) is 5.74. The minimum atomic E-state index is 0.212. The van der Waals surface area contributed by atoms with Gasteiger partial charge in [-0.2, -0.15) is 5.26 Å². The van der Waals surface area contributed by atoms with Crippen LogP contribution in [0.3, 0.4) is 0 Å². The van der Waals surface area contributed by atoms with Crippen molar-refractivity contribution in [2.24, 2.45) is 0 Å². The lowest BCUT2D eigenvalue weighted by molar-refractivity contribution is 0.575. The van der Waals surface area contributed by atoms with Crippen molar-refractivity contribution in [1.29, 1.82) is 5.26 Å². The highest BCUT2D eigenvalue weighted by Crippen LogP contribution is 2.23. The first-order valence-corrected chi connectivity index (χ1v) is 9.59. The molecule has 28 heavy (non-hydrogen) atoms. The summed E-state index contributed by atoms with van der Waals surface area (Å²) in [6.45, 7) is 3.82. The van der Waals surface area contributed by atoms with Crippen molar-refractivity contribution >= 4 is 10.9 Å². The highest BCUT2D eigenvalue weighted by molar-refractivity contribution is 5.84. The number of hydrogen-bond acceptors (Lipinski definition) is 2. The van der Waals surface area contributed by atoms with Crippen molar-refractivity contribution in [2.75, 3.05) is 0 Å². The molecule has 3 heteroatoms. The van der Waals surface area contributed by atoms with Crippen LogP contribution >= 0.6 is 0 Å². The molecule has 0 saturated carbocycles. The van der Waals surface area contributed by atoms with Gasteiger partial charge in [0.2, 0.25) is 0 Å². The molecular formula is C25H23N3. The zero-order valence-electron chi connectivity index (χ0n) is 16.0. The van der Waals surface area contributed by atoms with E-state index in [1.807, 2.05) is 24.3 Å². The van der Waals surface area contributed by atoms with Gasteiger partial charge in [0.25, 0.3) is 0 Å². The monoisotopic (exact) mass is 365 g/mol. The molecule has 3 nitrogen and oxygen atoms in total. The second kappa shape index (κ2) is 8.12. The Labute approximate surface area is 165 Å². The van der Waals surface area contributed by atoms with E-state index < -0.39 is 0 Å². The molecule has 1 aromatic heterocycles. The third kappa shape index (κ3) is 3.83. The summed E-state index contributed by atoms with van der Waals surface area (Å²) in [4.78, 5) is 0. The van der Waals surface area contributed by atoms with E-state index in [4.69, 9.17) is 5.26 Å². The van der Waals surface area contributed by atoms with Crippen molar-refractivity contribution < 1.29 is 0 Å². The largest absolute Gasteiger partial charge is 0.343 e. The fourth-order valence-electron chi connectivity index (χ4n) is 3.60. The van der Waals surface area contributed by atoms with E-state index in [-0.39, 0.29) is 6.04 Å². The fraction of sp³-hybridized carbons (Fsp3) is 0.160. The predicted octanol–water partition coefficient (Wildman–Crippen LogP) is 5.41. The summed E-state index contributed by atoms with van der Waals surface area (Å²) in [5, 5.41) is 13.9. The normalized spacial score (nSPS) is 12.0. The third-order valence-electron chi connectivity index (χ3n) is 5.21. The van der Waals surface area contributed by atoms with Gasteiger partial charge in [0, 0.05) is 36.2 Å². The number of hydrogen-bond donors (Lipinski definition) is 1. The molecular weight excluding hydrogens is 342 g/mol. The molecule has 0 bridgehead atoms. The van der Waals surface area contributed by atoms with Crippen LogP contribution in [0.2, 0.25) is 0 Å². The molecule has 0 aliphatic rings. The smallest absolute Gasteiger partial charge is 0.0991 e. The molecule has 138 valence electrons. The van der Waals surface area contributed by atoms with Crippen molar-refractivity contribution in [3.8, 4) is 6.07 Å². The average Bonchev–Trinajstić information content (AvgIpc) is 3.10. The summed E-state index contributed by atoms with van der Waals surface area (Å²) in [5.74, 6) is 0. The van der Waals surface area contributed by atoms with Gasteiger partial charge >= 0.3 is 0 Å². The lowest BCUT2D eigenvalue weighted by atomic mass is 10.1. The van der Waals surface area contributed by atoms with E-state index in [9.17, 15) is 0 Å². The number of nitriles is 1. The molecule has 3 aromatic carbocycles. The summed E-state index contributed by atoms with van der Waals surface area (Å²) < 4.78 is 2.33. The number of nitrogens with one attached hydrogen (secondary N) is 1. The average molecular weight is 365 g/mol. The zero-order valence-corrected chi connectivity index (χ0v) is 16.0. The van der Waals surface area contributed by atoms with Gasteiger partial charge in [-0.3, -0.25) is 0 Å². The number of rotatable bonds is 6. The standard InChI is InChI=1S/C25H23N3/c1-19(22-13-11-20(15-26)12-14-22)27-16-23-18-28(17-21-7-3-2-4-8-21)25-10-6-5-9-24(23)25/h2-14,18-19,27H,16-17H2,1H3. The number of nitrogens with zero attached hydrogens (tertiary/aromatic N) is 2.